The van der Waals surface area contributed by atoms with Gasteiger partial charge in [-0.2, -0.15) is 23.3 Å². The van der Waals surface area contributed by atoms with Crippen molar-refractivity contribution in [2.24, 2.45) is 5.10 Å². The van der Waals surface area contributed by atoms with Crippen LogP contribution in [0, 0.1) is 12.7 Å². The zero-order valence-electron chi connectivity index (χ0n) is 21.9. The third-order valence-corrected chi connectivity index (χ3v) is 7.40. The Morgan fingerprint density at radius 2 is 1.73 bits per heavy atom. The molecule has 206 valence electrons. The molecule has 0 saturated carbocycles. The first-order valence-electron chi connectivity index (χ1n) is 12.9. The Bertz CT molecular complexity index is 1600. The van der Waals surface area contributed by atoms with Gasteiger partial charge in [0.15, 0.2) is 5.82 Å². The second-order valence-electron chi connectivity index (χ2n) is 9.85. The number of hydrazone groups is 1. The molecule has 40 heavy (non-hydrogen) atoms. The summed E-state index contributed by atoms with van der Waals surface area (Å²) >= 11 is 0. The second kappa shape index (κ2) is 10.1. The van der Waals surface area contributed by atoms with E-state index < -0.39 is 17.6 Å². The lowest BCUT2D eigenvalue weighted by atomic mass is 9.98. The molecule has 0 aliphatic carbocycles. The van der Waals surface area contributed by atoms with Gasteiger partial charge in [0.25, 0.3) is 0 Å². The van der Waals surface area contributed by atoms with E-state index in [2.05, 4.69) is 16.0 Å². The Hall–Kier alpha value is -4.18. The van der Waals surface area contributed by atoms with Crippen molar-refractivity contribution < 1.29 is 26.7 Å². The number of aromatic nitrogens is 1. The number of hydrogen-bond acceptors (Lipinski definition) is 6. The maximum absolute atomic E-state index is 14.8. The smallest absolute Gasteiger partial charge is 0.417 e. The number of ether oxygens (including phenoxy) is 1. The first-order chi connectivity index (χ1) is 19.2. The SMILES string of the molecule is COc1ccc2c(c1)CN(C1CC(c3ccccc3F)=NN1c1nc(-c3ccccc3C(F)(F)F)oc1C)CC2. The van der Waals surface area contributed by atoms with Crippen LogP contribution in [0.5, 0.6) is 5.75 Å². The number of hydrogen-bond donors (Lipinski definition) is 0. The number of anilines is 1. The topological polar surface area (TPSA) is 54.1 Å². The van der Waals surface area contributed by atoms with Crippen molar-refractivity contribution in [3.8, 4) is 17.2 Å². The number of oxazole rings is 1. The number of methoxy groups -OCH3 is 1. The molecular weight excluding hydrogens is 524 g/mol. The summed E-state index contributed by atoms with van der Waals surface area (Å²) in [5, 5.41) is 6.43. The fourth-order valence-electron chi connectivity index (χ4n) is 5.40. The molecular formula is C30H26F4N4O2. The van der Waals surface area contributed by atoms with Crippen molar-refractivity contribution in [2.45, 2.75) is 38.7 Å². The molecule has 0 fully saturated rings. The molecule has 0 amide bonds. The van der Waals surface area contributed by atoms with E-state index in [9.17, 15) is 17.6 Å². The maximum Gasteiger partial charge on any atom is 0.417 e. The van der Waals surface area contributed by atoms with Crippen molar-refractivity contribution in [3.63, 3.8) is 0 Å². The molecule has 0 radical (unpaired) electrons. The van der Waals surface area contributed by atoms with Crippen LogP contribution in [0.25, 0.3) is 11.5 Å². The monoisotopic (exact) mass is 550 g/mol. The molecule has 10 heteroatoms. The summed E-state index contributed by atoms with van der Waals surface area (Å²) in [7, 11) is 1.62. The highest BCUT2D eigenvalue weighted by Crippen LogP contribution is 2.40. The molecule has 4 aromatic rings. The van der Waals surface area contributed by atoms with E-state index in [1.807, 2.05) is 12.1 Å². The number of halogens is 4. The molecule has 2 aliphatic rings. The van der Waals surface area contributed by atoms with Gasteiger partial charge in [0.1, 0.15) is 23.5 Å². The first-order valence-corrected chi connectivity index (χ1v) is 12.9. The van der Waals surface area contributed by atoms with E-state index in [0.717, 1.165) is 23.8 Å². The van der Waals surface area contributed by atoms with Gasteiger partial charge in [-0.05, 0) is 54.8 Å². The third kappa shape index (κ3) is 4.72. The molecule has 1 unspecified atom stereocenters. The van der Waals surface area contributed by atoms with Gasteiger partial charge in [-0.25, -0.2) is 9.40 Å². The standard InChI is InChI=1S/C30H26F4N4O2/c1-18-28(35-29(40-18)22-7-3-5-9-24(22)30(32,33)34)38-27(16-26(36-38)23-8-4-6-10-25(23)31)37-14-13-19-11-12-21(39-2)15-20(19)17-37/h3-12,15,27H,13-14,16-17H2,1-2H3. The van der Waals surface area contributed by atoms with Crippen LogP contribution in [0.4, 0.5) is 23.4 Å². The van der Waals surface area contributed by atoms with E-state index in [1.165, 1.54) is 29.8 Å². The lowest BCUT2D eigenvalue weighted by Gasteiger charge is -2.37. The highest BCUT2D eigenvalue weighted by Gasteiger charge is 2.39. The highest BCUT2D eigenvalue weighted by atomic mass is 19.4. The van der Waals surface area contributed by atoms with Crippen LogP contribution in [0.2, 0.25) is 0 Å². The van der Waals surface area contributed by atoms with Gasteiger partial charge >= 0.3 is 6.18 Å². The molecule has 1 aromatic heterocycles. The van der Waals surface area contributed by atoms with Crippen LogP contribution in [0.15, 0.2) is 76.2 Å². The second-order valence-corrected chi connectivity index (χ2v) is 9.85. The normalized spacial score (nSPS) is 17.6. The fraction of sp³-hybridized carbons (Fsp3) is 0.267. The van der Waals surface area contributed by atoms with Gasteiger partial charge in [0, 0.05) is 30.6 Å². The molecule has 6 nitrogen and oxygen atoms in total. The Labute approximate surface area is 228 Å². The van der Waals surface area contributed by atoms with Gasteiger partial charge in [-0.3, -0.25) is 4.90 Å². The van der Waals surface area contributed by atoms with E-state index in [4.69, 9.17) is 14.3 Å². The average Bonchev–Trinajstić information content (AvgIpc) is 3.56. The van der Waals surface area contributed by atoms with E-state index >= 15 is 0 Å². The summed E-state index contributed by atoms with van der Waals surface area (Å²) in [5.74, 6) is 0.816. The van der Waals surface area contributed by atoms with Gasteiger partial charge in [0.05, 0.1) is 18.4 Å². The zero-order valence-corrected chi connectivity index (χ0v) is 21.9. The first kappa shape index (κ1) is 26.1. The van der Waals surface area contributed by atoms with Gasteiger partial charge in [0.2, 0.25) is 5.89 Å². The van der Waals surface area contributed by atoms with Crippen LogP contribution in [-0.4, -0.2) is 35.4 Å². The van der Waals surface area contributed by atoms with Crippen LogP contribution >= 0.6 is 0 Å². The fourth-order valence-corrected chi connectivity index (χ4v) is 5.40. The molecule has 1 atom stereocenters. The third-order valence-electron chi connectivity index (χ3n) is 7.40. The van der Waals surface area contributed by atoms with Crippen molar-refractivity contribution >= 4 is 11.5 Å². The Balaban J connectivity index is 1.41. The molecule has 3 aromatic carbocycles. The number of benzene rings is 3. The van der Waals surface area contributed by atoms with E-state index in [0.29, 0.717) is 42.4 Å². The van der Waals surface area contributed by atoms with E-state index in [1.54, 1.807) is 37.2 Å². The Morgan fingerprint density at radius 3 is 2.48 bits per heavy atom. The number of rotatable bonds is 5. The minimum absolute atomic E-state index is 0.151. The van der Waals surface area contributed by atoms with E-state index in [-0.39, 0.29) is 17.6 Å². The van der Waals surface area contributed by atoms with Crippen LogP contribution < -0.4 is 9.75 Å². The lowest BCUT2D eigenvalue weighted by molar-refractivity contribution is -0.137. The predicted octanol–water partition coefficient (Wildman–Crippen LogP) is 6.82. The van der Waals surface area contributed by atoms with Crippen LogP contribution in [0.3, 0.4) is 0 Å². The summed E-state index contributed by atoms with van der Waals surface area (Å²) in [6.07, 6.45) is -3.75. The Morgan fingerprint density at radius 1 is 0.975 bits per heavy atom. The minimum Gasteiger partial charge on any atom is -0.497 e. The summed E-state index contributed by atoms with van der Waals surface area (Å²) in [6, 6.07) is 17.6. The molecule has 2 aliphatic heterocycles. The quantitative estimate of drug-likeness (QED) is 0.256. The number of nitrogens with zero attached hydrogens (tertiary/aromatic N) is 4. The largest absolute Gasteiger partial charge is 0.497 e. The molecule has 3 heterocycles. The summed E-state index contributed by atoms with van der Waals surface area (Å²) < 4.78 is 67.3. The van der Waals surface area contributed by atoms with Gasteiger partial charge in [-0.1, -0.05) is 36.4 Å². The molecule has 0 spiro atoms. The highest BCUT2D eigenvalue weighted by molar-refractivity contribution is 6.03. The average molecular weight is 551 g/mol. The van der Waals surface area contributed by atoms with Crippen molar-refractivity contribution in [1.29, 1.82) is 0 Å². The van der Waals surface area contributed by atoms with Crippen molar-refractivity contribution in [1.82, 2.24) is 9.88 Å². The van der Waals surface area contributed by atoms with Crippen LogP contribution in [0.1, 0.15) is 34.4 Å². The van der Waals surface area contributed by atoms with Crippen LogP contribution in [-0.2, 0) is 19.1 Å². The number of alkyl halides is 3. The molecule has 6 rings (SSSR count). The maximum atomic E-state index is 14.8. The summed E-state index contributed by atoms with van der Waals surface area (Å²) in [6.45, 7) is 2.95. The minimum atomic E-state index is -4.58. The predicted molar refractivity (Wildman–Crippen MR) is 143 cm³/mol. The summed E-state index contributed by atoms with van der Waals surface area (Å²) in [5.41, 5.74) is 2.24. The van der Waals surface area contributed by atoms with Gasteiger partial charge < -0.3 is 9.15 Å². The lowest BCUT2D eigenvalue weighted by Crippen LogP contribution is -2.46. The Kier molecular flexibility index (Phi) is 6.58. The van der Waals surface area contributed by atoms with Crippen molar-refractivity contribution in [3.05, 3.63) is 101 Å². The van der Waals surface area contributed by atoms with Crippen molar-refractivity contribution in [2.75, 3.05) is 18.7 Å². The zero-order chi connectivity index (χ0) is 28.0. The number of fused-ring (bicyclic) bond motifs is 1. The molecule has 0 bridgehead atoms. The molecule has 0 saturated heterocycles. The number of aryl methyl sites for hydroxylation is 1. The summed E-state index contributed by atoms with van der Waals surface area (Å²) in [4.78, 5) is 6.73. The van der Waals surface area contributed by atoms with Gasteiger partial charge in [-0.15, -0.1) is 0 Å². The molecule has 0 N–H and O–H groups in total.